The van der Waals surface area contributed by atoms with E-state index in [4.69, 9.17) is 20.8 Å². The minimum absolute atomic E-state index is 0.00742. The SMILES string of the molecule is N/C(=N/O)c1cc(N2CCC(OCCO)CC2)ccn1. The van der Waals surface area contributed by atoms with Gasteiger partial charge in [0.2, 0.25) is 0 Å². The molecule has 1 aromatic rings. The number of nitrogens with two attached hydrogens (primary N) is 1. The molecule has 4 N–H and O–H groups in total. The standard InChI is InChI=1S/C13H20N4O3/c14-13(16-19)12-9-10(1-4-15-12)17-5-2-11(3-6-17)20-8-7-18/h1,4,9,11,18-19H,2-3,5-8H2,(H2,14,16). The lowest BCUT2D eigenvalue weighted by molar-refractivity contribution is 0.0159. The van der Waals surface area contributed by atoms with Gasteiger partial charge >= 0.3 is 0 Å². The van der Waals surface area contributed by atoms with E-state index in [1.807, 2.05) is 12.1 Å². The predicted molar refractivity (Wildman–Crippen MR) is 75.0 cm³/mol. The number of aliphatic hydroxyl groups excluding tert-OH is 1. The lowest BCUT2D eigenvalue weighted by Crippen LogP contribution is -2.37. The highest BCUT2D eigenvalue weighted by Gasteiger charge is 2.20. The monoisotopic (exact) mass is 280 g/mol. The Hall–Kier alpha value is -1.86. The van der Waals surface area contributed by atoms with E-state index >= 15 is 0 Å². The van der Waals surface area contributed by atoms with E-state index in [1.165, 1.54) is 0 Å². The molecule has 0 amide bonds. The Labute approximate surface area is 117 Å². The largest absolute Gasteiger partial charge is 0.409 e. The molecule has 2 heterocycles. The van der Waals surface area contributed by atoms with E-state index in [0.717, 1.165) is 31.6 Å². The topological polar surface area (TPSA) is 104 Å². The van der Waals surface area contributed by atoms with Crippen LogP contribution in [0.5, 0.6) is 0 Å². The Morgan fingerprint density at radius 1 is 1.50 bits per heavy atom. The second-order valence-electron chi connectivity index (χ2n) is 4.67. The molecule has 7 heteroatoms. The Morgan fingerprint density at radius 2 is 2.25 bits per heavy atom. The van der Waals surface area contributed by atoms with Crippen LogP contribution in [0.1, 0.15) is 18.5 Å². The maximum Gasteiger partial charge on any atom is 0.188 e. The summed E-state index contributed by atoms with van der Waals surface area (Å²) in [5, 5.41) is 20.4. The molecular weight excluding hydrogens is 260 g/mol. The molecule has 0 saturated carbocycles. The second-order valence-corrected chi connectivity index (χ2v) is 4.67. The van der Waals surface area contributed by atoms with Crippen LogP contribution in [0.25, 0.3) is 0 Å². The van der Waals surface area contributed by atoms with Gasteiger partial charge in [0.25, 0.3) is 0 Å². The van der Waals surface area contributed by atoms with Crippen molar-refractivity contribution in [3.63, 3.8) is 0 Å². The fraction of sp³-hybridized carbons (Fsp3) is 0.538. The highest BCUT2D eigenvalue weighted by molar-refractivity contribution is 5.95. The van der Waals surface area contributed by atoms with Gasteiger partial charge in [0.1, 0.15) is 5.69 Å². The van der Waals surface area contributed by atoms with Gasteiger partial charge in [-0.15, -0.1) is 0 Å². The minimum atomic E-state index is 0.00742. The van der Waals surface area contributed by atoms with Crippen LogP contribution in [0.4, 0.5) is 5.69 Å². The fourth-order valence-corrected chi connectivity index (χ4v) is 2.31. The van der Waals surface area contributed by atoms with E-state index in [2.05, 4.69) is 15.0 Å². The van der Waals surface area contributed by atoms with E-state index < -0.39 is 0 Å². The number of aromatic nitrogens is 1. The normalized spacial score (nSPS) is 17.4. The van der Waals surface area contributed by atoms with E-state index in [0.29, 0.717) is 12.3 Å². The van der Waals surface area contributed by atoms with Crippen molar-refractivity contribution in [3.8, 4) is 0 Å². The van der Waals surface area contributed by atoms with Crippen LogP contribution in [0, 0.1) is 0 Å². The van der Waals surface area contributed by atoms with E-state index in [-0.39, 0.29) is 18.5 Å². The molecule has 1 aromatic heterocycles. The van der Waals surface area contributed by atoms with Crippen molar-refractivity contribution >= 4 is 11.5 Å². The van der Waals surface area contributed by atoms with Crippen LogP contribution in [-0.4, -0.2) is 53.5 Å². The van der Waals surface area contributed by atoms with Gasteiger partial charge in [-0.2, -0.15) is 0 Å². The summed E-state index contributed by atoms with van der Waals surface area (Å²) >= 11 is 0. The van der Waals surface area contributed by atoms with Gasteiger partial charge in [0, 0.05) is 25.0 Å². The molecule has 0 unspecified atom stereocenters. The predicted octanol–water partition coefficient (Wildman–Crippen LogP) is 0.154. The Morgan fingerprint density at radius 3 is 2.90 bits per heavy atom. The first-order valence-electron chi connectivity index (χ1n) is 6.66. The molecule has 7 nitrogen and oxygen atoms in total. The fourth-order valence-electron chi connectivity index (χ4n) is 2.31. The zero-order valence-electron chi connectivity index (χ0n) is 11.3. The van der Waals surface area contributed by atoms with Crippen molar-refractivity contribution < 1.29 is 15.1 Å². The van der Waals surface area contributed by atoms with Gasteiger partial charge in [-0.1, -0.05) is 5.16 Å². The Balaban J connectivity index is 1.97. The lowest BCUT2D eigenvalue weighted by Gasteiger charge is -2.33. The first-order valence-corrected chi connectivity index (χ1v) is 6.66. The molecule has 0 aliphatic carbocycles. The highest BCUT2D eigenvalue weighted by atomic mass is 16.5. The van der Waals surface area contributed by atoms with Gasteiger partial charge in [-0.05, 0) is 25.0 Å². The van der Waals surface area contributed by atoms with Gasteiger partial charge in [0.15, 0.2) is 5.84 Å². The highest BCUT2D eigenvalue weighted by Crippen LogP contribution is 2.21. The van der Waals surface area contributed by atoms with Gasteiger partial charge in [-0.25, -0.2) is 0 Å². The quantitative estimate of drug-likeness (QED) is 0.307. The van der Waals surface area contributed by atoms with Crippen LogP contribution in [0.2, 0.25) is 0 Å². The Bertz CT molecular complexity index is 459. The number of hydrogen-bond donors (Lipinski definition) is 3. The molecule has 1 aliphatic rings. The molecule has 1 saturated heterocycles. The lowest BCUT2D eigenvalue weighted by atomic mass is 10.1. The number of amidine groups is 1. The molecule has 2 rings (SSSR count). The molecule has 20 heavy (non-hydrogen) atoms. The molecule has 110 valence electrons. The number of aliphatic hydroxyl groups is 1. The van der Waals surface area contributed by atoms with Crippen molar-refractivity contribution in [2.24, 2.45) is 10.9 Å². The van der Waals surface area contributed by atoms with Crippen LogP contribution >= 0.6 is 0 Å². The number of nitrogens with zero attached hydrogens (tertiary/aromatic N) is 3. The maximum absolute atomic E-state index is 8.75. The Kier molecular flexibility index (Phi) is 5.14. The summed E-state index contributed by atoms with van der Waals surface area (Å²) in [6, 6.07) is 3.72. The van der Waals surface area contributed by atoms with Crippen molar-refractivity contribution in [1.82, 2.24) is 4.98 Å². The molecule has 0 aromatic carbocycles. The summed E-state index contributed by atoms with van der Waals surface area (Å²) in [5.74, 6) is 0.00742. The zero-order chi connectivity index (χ0) is 14.4. The first kappa shape index (κ1) is 14.5. The number of rotatable bonds is 5. The number of anilines is 1. The number of hydrogen-bond acceptors (Lipinski definition) is 6. The van der Waals surface area contributed by atoms with E-state index in [1.54, 1.807) is 6.20 Å². The zero-order valence-corrected chi connectivity index (χ0v) is 11.3. The van der Waals surface area contributed by atoms with E-state index in [9.17, 15) is 0 Å². The average Bonchev–Trinajstić information content (AvgIpc) is 2.52. The minimum Gasteiger partial charge on any atom is -0.409 e. The number of pyridine rings is 1. The summed E-state index contributed by atoms with van der Waals surface area (Å²) in [6.45, 7) is 2.20. The molecule has 0 atom stereocenters. The molecular formula is C13H20N4O3. The third-order valence-electron chi connectivity index (χ3n) is 3.37. The molecule has 0 spiro atoms. The smallest absolute Gasteiger partial charge is 0.188 e. The number of ether oxygens (including phenoxy) is 1. The second kappa shape index (κ2) is 7.06. The van der Waals surface area contributed by atoms with Gasteiger partial charge in [0.05, 0.1) is 19.3 Å². The van der Waals surface area contributed by atoms with Crippen molar-refractivity contribution in [3.05, 3.63) is 24.0 Å². The van der Waals surface area contributed by atoms with Crippen LogP contribution in [-0.2, 0) is 4.74 Å². The van der Waals surface area contributed by atoms with Crippen molar-refractivity contribution in [1.29, 1.82) is 0 Å². The molecule has 1 aliphatic heterocycles. The van der Waals surface area contributed by atoms with Crippen LogP contribution < -0.4 is 10.6 Å². The van der Waals surface area contributed by atoms with Crippen molar-refractivity contribution in [2.45, 2.75) is 18.9 Å². The summed E-state index contributed by atoms with van der Waals surface area (Å²) in [6.07, 6.45) is 3.70. The number of oxime groups is 1. The first-order chi connectivity index (χ1) is 9.74. The average molecular weight is 280 g/mol. The molecule has 1 fully saturated rings. The third-order valence-corrected chi connectivity index (χ3v) is 3.37. The van der Waals surface area contributed by atoms with Crippen LogP contribution in [0.3, 0.4) is 0 Å². The van der Waals surface area contributed by atoms with Crippen LogP contribution in [0.15, 0.2) is 23.5 Å². The van der Waals surface area contributed by atoms with Gasteiger partial charge in [-0.3, -0.25) is 4.98 Å². The summed E-state index contributed by atoms with van der Waals surface area (Å²) in [4.78, 5) is 6.28. The summed E-state index contributed by atoms with van der Waals surface area (Å²) in [7, 11) is 0. The van der Waals surface area contributed by atoms with Crippen molar-refractivity contribution in [2.75, 3.05) is 31.2 Å². The maximum atomic E-state index is 8.75. The molecule has 0 radical (unpaired) electrons. The van der Waals surface area contributed by atoms with Gasteiger partial charge < -0.3 is 25.7 Å². The third kappa shape index (κ3) is 3.58. The summed E-state index contributed by atoms with van der Waals surface area (Å²) in [5.41, 5.74) is 7.01. The number of piperidine rings is 1. The molecule has 0 bridgehead atoms. The summed E-state index contributed by atoms with van der Waals surface area (Å²) < 4.78 is 5.53.